The van der Waals surface area contributed by atoms with Crippen molar-refractivity contribution in [1.82, 2.24) is 0 Å². The molecule has 0 aliphatic carbocycles. The maximum Gasteiger partial charge on any atom is 0.412 e. The van der Waals surface area contributed by atoms with Gasteiger partial charge >= 0.3 is 6.09 Å². The van der Waals surface area contributed by atoms with Crippen LogP contribution in [0.3, 0.4) is 0 Å². The van der Waals surface area contributed by atoms with Crippen LogP contribution < -0.4 is 11.1 Å². The Morgan fingerprint density at radius 3 is 2.65 bits per heavy atom. The number of benzene rings is 1. The van der Waals surface area contributed by atoms with E-state index in [0.717, 1.165) is 10.0 Å². The molecule has 20 heavy (non-hydrogen) atoms. The summed E-state index contributed by atoms with van der Waals surface area (Å²) in [5.41, 5.74) is 6.43. The quantitative estimate of drug-likeness (QED) is 0.783. The standard InChI is InChI=1S/C14H21BrN2O3/c1-14(2,3)20-13(19)17-12-6-10(15)4-5-11(12)9(7-16)8-18/h4-6,9,18H,7-8,16H2,1-3H3,(H,17,19). The second-order valence-electron chi connectivity index (χ2n) is 5.47. The number of rotatable bonds is 4. The van der Waals surface area contributed by atoms with Gasteiger partial charge in [-0.2, -0.15) is 0 Å². The van der Waals surface area contributed by atoms with Crippen LogP contribution in [0.4, 0.5) is 10.5 Å². The van der Waals surface area contributed by atoms with Crippen molar-refractivity contribution >= 4 is 27.7 Å². The monoisotopic (exact) mass is 344 g/mol. The fourth-order valence-corrected chi connectivity index (χ4v) is 2.07. The summed E-state index contributed by atoms with van der Waals surface area (Å²) >= 11 is 3.35. The second-order valence-corrected chi connectivity index (χ2v) is 6.39. The zero-order valence-corrected chi connectivity index (χ0v) is 13.5. The predicted octanol–water partition coefficient (Wildman–Crippen LogP) is 2.83. The maximum atomic E-state index is 11.8. The Balaban J connectivity index is 2.98. The second kappa shape index (κ2) is 7.06. The van der Waals surface area contributed by atoms with E-state index < -0.39 is 11.7 Å². The number of nitrogens with one attached hydrogen (secondary N) is 1. The molecule has 0 bridgehead atoms. The molecule has 1 aromatic rings. The van der Waals surface area contributed by atoms with Gasteiger partial charge in [-0.3, -0.25) is 5.32 Å². The lowest BCUT2D eigenvalue weighted by Gasteiger charge is -2.22. The molecule has 112 valence electrons. The number of aliphatic hydroxyl groups is 1. The Hall–Kier alpha value is -1.11. The highest BCUT2D eigenvalue weighted by Gasteiger charge is 2.19. The first-order valence-electron chi connectivity index (χ1n) is 6.37. The number of anilines is 1. The smallest absolute Gasteiger partial charge is 0.412 e. The van der Waals surface area contributed by atoms with Crippen molar-refractivity contribution in [3.05, 3.63) is 28.2 Å². The van der Waals surface area contributed by atoms with Gasteiger partial charge in [0.1, 0.15) is 5.60 Å². The van der Waals surface area contributed by atoms with Crippen molar-refractivity contribution in [3.8, 4) is 0 Å². The molecule has 0 aliphatic rings. The minimum atomic E-state index is -0.569. The summed E-state index contributed by atoms with van der Waals surface area (Å²) < 4.78 is 6.04. The van der Waals surface area contributed by atoms with E-state index in [-0.39, 0.29) is 12.5 Å². The molecule has 0 radical (unpaired) electrons. The summed E-state index contributed by atoms with van der Waals surface area (Å²) in [4.78, 5) is 11.8. The normalized spacial score (nSPS) is 12.9. The average Bonchev–Trinajstić information content (AvgIpc) is 2.30. The highest BCUT2D eigenvalue weighted by molar-refractivity contribution is 9.10. The van der Waals surface area contributed by atoms with Crippen LogP contribution in [0.2, 0.25) is 0 Å². The van der Waals surface area contributed by atoms with Gasteiger partial charge in [0.2, 0.25) is 0 Å². The zero-order chi connectivity index (χ0) is 15.3. The number of hydrogen-bond acceptors (Lipinski definition) is 4. The molecule has 6 heteroatoms. The number of ether oxygens (including phenoxy) is 1. The van der Waals surface area contributed by atoms with E-state index in [1.54, 1.807) is 26.8 Å². The predicted molar refractivity (Wildman–Crippen MR) is 82.9 cm³/mol. The van der Waals surface area contributed by atoms with E-state index >= 15 is 0 Å². The molecular formula is C14H21BrN2O3. The van der Waals surface area contributed by atoms with Crippen LogP contribution in [-0.2, 0) is 4.74 Å². The maximum absolute atomic E-state index is 11.8. The van der Waals surface area contributed by atoms with Crippen LogP contribution in [0.15, 0.2) is 22.7 Å². The fraction of sp³-hybridized carbons (Fsp3) is 0.500. The van der Waals surface area contributed by atoms with Crippen molar-refractivity contribution in [1.29, 1.82) is 0 Å². The molecule has 1 unspecified atom stereocenters. The summed E-state index contributed by atoms with van der Waals surface area (Å²) in [5, 5.41) is 12.1. The van der Waals surface area contributed by atoms with E-state index in [1.165, 1.54) is 0 Å². The van der Waals surface area contributed by atoms with Gasteiger partial charge in [0.25, 0.3) is 0 Å². The third kappa shape index (κ3) is 5.11. The molecule has 1 rings (SSSR count). The first-order valence-corrected chi connectivity index (χ1v) is 7.16. The van der Waals surface area contributed by atoms with Crippen LogP contribution >= 0.6 is 15.9 Å². The van der Waals surface area contributed by atoms with Crippen LogP contribution in [0, 0.1) is 0 Å². The van der Waals surface area contributed by atoms with Crippen molar-refractivity contribution in [3.63, 3.8) is 0 Å². The highest BCUT2D eigenvalue weighted by atomic mass is 79.9. The molecule has 4 N–H and O–H groups in total. The third-order valence-corrected chi connectivity index (χ3v) is 3.09. The first-order chi connectivity index (χ1) is 9.26. The molecule has 0 fully saturated rings. The fourth-order valence-electron chi connectivity index (χ4n) is 1.71. The van der Waals surface area contributed by atoms with Gasteiger partial charge < -0.3 is 15.6 Å². The number of hydrogen-bond donors (Lipinski definition) is 3. The van der Waals surface area contributed by atoms with Crippen molar-refractivity contribution in [2.75, 3.05) is 18.5 Å². The van der Waals surface area contributed by atoms with Crippen molar-refractivity contribution in [2.24, 2.45) is 5.73 Å². The molecule has 0 aliphatic heterocycles. The Bertz CT molecular complexity index is 468. The first kappa shape index (κ1) is 16.9. The van der Waals surface area contributed by atoms with Gasteiger partial charge in [-0.15, -0.1) is 0 Å². The zero-order valence-electron chi connectivity index (χ0n) is 11.9. The van der Waals surface area contributed by atoms with Crippen molar-refractivity contribution in [2.45, 2.75) is 32.3 Å². The Kier molecular flexibility index (Phi) is 5.98. The van der Waals surface area contributed by atoms with Gasteiger partial charge in [-0.25, -0.2) is 4.79 Å². The molecule has 5 nitrogen and oxygen atoms in total. The molecular weight excluding hydrogens is 324 g/mol. The van der Waals surface area contributed by atoms with Gasteiger partial charge in [0, 0.05) is 22.6 Å². The largest absolute Gasteiger partial charge is 0.444 e. The van der Waals surface area contributed by atoms with Gasteiger partial charge in [0.15, 0.2) is 0 Å². The van der Waals surface area contributed by atoms with E-state index in [4.69, 9.17) is 10.5 Å². The summed E-state index contributed by atoms with van der Waals surface area (Å²) in [6, 6.07) is 5.43. The SMILES string of the molecule is CC(C)(C)OC(=O)Nc1cc(Br)ccc1C(CN)CO. The minimum Gasteiger partial charge on any atom is -0.444 e. The number of carbonyl (C=O) groups excluding carboxylic acids is 1. The lowest BCUT2D eigenvalue weighted by atomic mass is 9.98. The van der Waals surface area contributed by atoms with Crippen LogP contribution in [-0.4, -0.2) is 30.0 Å². The van der Waals surface area contributed by atoms with Crippen molar-refractivity contribution < 1.29 is 14.6 Å². The lowest BCUT2D eigenvalue weighted by Crippen LogP contribution is -2.28. The molecule has 0 saturated heterocycles. The van der Waals surface area contributed by atoms with Crippen LogP contribution in [0.25, 0.3) is 0 Å². The third-order valence-electron chi connectivity index (χ3n) is 2.60. The molecule has 1 amide bonds. The van der Waals surface area contributed by atoms with Crippen LogP contribution in [0.1, 0.15) is 32.3 Å². The number of halogens is 1. The van der Waals surface area contributed by atoms with E-state index in [1.807, 2.05) is 12.1 Å². The van der Waals surface area contributed by atoms with Gasteiger partial charge in [0.05, 0.1) is 6.61 Å². The van der Waals surface area contributed by atoms with Gasteiger partial charge in [-0.1, -0.05) is 22.0 Å². The van der Waals surface area contributed by atoms with E-state index in [2.05, 4.69) is 21.2 Å². The molecule has 1 atom stereocenters. The number of nitrogens with two attached hydrogens (primary N) is 1. The number of aliphatic hydroxyl groups excluding tert-OH is 1. The number of amides is 1. The Morgan fingerprint density at radius 1 is 1.50 bits per heavy atom. The number of carbonyl (C=O) groups is 1. The molecule has 0 spiro atoms. The van der Waals surface area contributed by atoms with E-state index in [0.29, 0.717) is 12.2 Å². The molecule has 1 aromatic carbocycles. The van der Waals surface area contributed by atoms with Gasteiger partial charge in [-0.05, 0) is 38.5 Å². The van der Waals surface area contributed by atoms with Crippen LogP contribution in [0.5, 0.6) is 0 Å². The molecule has 0 aromatic heterocycles. The summed E-state index contributed by atoms with van der Waals surface area (Å²) in [5.74, 6) is -0.229. The topological polar surface area (TPSA) is 84.6 Å². The summed E-state index contributed by atoms with van der Waals surface area (Å²) in [6.45, 7) is 5.60. The highest BCUT2D eigenvalue weighted by Crippen LogP contribution is 2.28. The minimum absolute atomic E-state index is 0.0822. The Morgan fingerprint density at radius 2 is 2.15 bits per heavy atom. The van der Waals surface area contributed by atoms with E-state index in [9.17, 15) is 9.90 Å². The average molecular weight is 345 g/mol. The lowest BCUT2D eigenvalue weighted by molar-refractivity contribution is 0.0635. The summed E-state index contributed by atoms with van der Waals surface area (Å²) in [7, 11) is 0. The summed E-state index contributed by atoms with van der Waals surface area (Å²) in [6.07, 6.45) is -0.537. The molecule has 0 saturated carbocycles. The Labute approximate surface area is 127 Å². The molecule has 0 heterocycles.